The summed E-state index contributed by atoms with van der Waals surface area (Å²) in [6.45, 7) is 12.0. The maximum absolute atomic E-state index is 10.8. The second-order valence-corrected chi connectivity index (χ2v) is 8.95. The average Bonchev–Trinajstić information content (AvgIpc) is 3.39. The molecule has 1 saturated heterocycles. The minimum Gasteiger partial charge on any atom is -0.463 e. The Balaban J connectivity index is 1.68. The summed E-state index contributed by atoms with van der Waals surface area (Å²) in [6.07, 6.45) is 0.231. The van der Waals surface area contributed by atoms with Crippen molar-refractivity contribution in [3.63, 3.8) is 0 Å². The fraction of sp³-hybridized carbons (Fsp3) is 0.591. The minimum absolute atomic E-state index is 0.202. The van der Waals surface area contributed by atoms with Gasteiger partial charge in [0, 0.05) is 31.1 Å². The van der Waals surface area contributed by atoms with Crippen molar-refractivity contribution in [1.82, 2.24) is 15.5 Å². The lowest BCUT2D eigenvalue weighted by Gasteiger charge is -2.37. The standard InChI is InChI=1S/C22H34N4O3S/c1-5-23-21(25-15-22(4,27)20-9-8-16(2)29-20)24-13-18(19-7-6-12-30-19)26-10-11-28-17(3)14-26/h6-9,12,17-18,27H,5,10-11,13-15H2,1-4H3,(H2,23,24,25). The number of hydrogen-bond acceptors (Lipinski definition) is 6. The average molecular weight is 435 g/mol. The van der Waals surface area contributed by atoms with Gasteiger partial charge in [-0.05, 0) is 51.3 Å². The van der Waals surface area contributed by atoms with Crippen LogP contribution in [-0.4, -0.2) is 61.4 Å². The van der Waals surface area contributed by atoms with Crippen molar-refractivity contribution in [2.75, 3.05) is 39.3 Å². The molecule has 0 amide bonds. The number of thiophene rings is 1. The van der Waals surface area contributed by atoms with Crippen molar-refractivity contribution in [1.29, 1.82) is 0 Å². The number of aryl methyl sites for hydroxylation is 1. The molecule has 7 nitrogen and oxygen atoms in total. The van der Waals surface area contributed by atoms with Gasteiger partial charge in [0.2, 0.25) is 0 Å². The molecule has 0 aliphatic carbocycles. The van der Waals surface area contributed by atoms with Gasteiger partial charge in [-0.2, -0.15) is 0 Å². The zero-order valence-corrected chi connectivity index (χ0v) is 19.2. The highest BCUT2D eigenvalue weighted by atomic mass is 32.1. The largest absolute Gasteiger partial charge is 0.463 e. The molecule has 30 heavy (non-hydrogen) atoms. The quantitative estimate of drug-likeness (QED) is 0.438. The van der Waals surface area contributed by atoms with Crippen LogP contribution in [0.15, 0.2) is 39.1 Å². The van der Waals surface area contributed by atoms with Crippen LogP contribution >= 0.6 is 11.3 Å². The van der Waals surface area contributed by atoms with Gasteiger partial charge in [0.15, 0.2) is 5.96 Å². The Morgan fingerprint density at radius 3 is 2.87 bits per heavy atom. The lowest BCUT2D eigenvalue weighted by atomic mass is 10.0. The fourth-order valence-electron chi connectivity index (χ4n) is 3.59. The number of ether oxygens (including phenoxy) is 1. The van der Waals surface area contributed by atoms with Crippen molar-refractivity contribution in [2.24, 2.45) is 4.99 Å². The second kappa shape index (κ2) is 10.4. The first-order valence-corrected chi connectivity index (χ1v) is 11.5. The second-order valence-electron chi connectivity index (χ2n) is 7.97. The van der Waals surface area contributed by atoms with E-state index >= 15 is 0 Å². The summed E-state index contributed by atoms with van der Waals surface area (Å²) in [5, 5.41) is 19.7. The Morgan fingerprint density at radius 1 is 1.40 bits per heavy atom. The van der Waals surface area contributed by atoms with Crippen LogP contribution in [-0.2, 0) is 10.3 Å². The minimum atomic E-state index is -1.16. The third-order valence-corrected chi connectivity index (χ3v) is 6.18. The fourth-order valence-corrected chi connectivity index (χ4v) is 4.45. The summed E-state index contributed by atoms with van der Waals surface area (Å²) in [5.41, 5.74) is -1.16. The van der Waals surface area contributed by atoms with Crippen molar-refractivity contribution in [2.45, 2.75) is 45.4 Å². The third-order valence-electron chi connectivity index (χ3n) is 5.21. The Labute approximate surface area is 183 Å². The SMILES string of the molecule is CCNC(=NCC(C)(O)c1ccc(C)o1)NCC(c1cccs1)N1CCOC(C)C1. The first-order chi connectivity index (χ1) is 14.4. The summed E-state index contributed by atoms with van der Waals surface area (Å²) >= 11 is 1.77. The monoisotopic (exact) mass is 434 g/mol. The molecule has 0 aromatic carbocycles. The molecular weight excluding hydrogens is 400 g/mol. The molecule has 3 unspecified atom stereocenters. The zero-order valence-electron chi connectivity index (χ0n) is 18.4. The van der Waals surface area contributed by atoms with Crippen molar-refractivity contribution < 1.29 is 14.3 Å². The predicted molar refractivity (Wildman–Crippen MR) is 121 cm³/mol. The van der Waals surface area contributed by atoms with E-state index in [1.807, 2.05) is 19.9 Å². The number of morpholine rings is 1. The summed E-state index contributed by atoms with van der Waals surface area (Å²) in [4.78, 5) is 8.42. The van der Waals surface area contributed by atoms with E-state index in [0.29, 0.717) is 11.7 Å². The molecule has 166 valence electrons. The number of furan rings is 1. The maximum Gasteiger partial charge on any atom is 0.191 e. The maximum atomic E-state index is 10.8. The number of guanidine groups is 1. The van der Waals surface area contributed by atoms with Gasteiger partial charge in [0.25, 0.3) is 0 Å². The molecule has 3 atom stereocenters. The molecule has 1 aliphatic heterocycles. The van der Waals surface area contributed by atoms with Crippen LogP contribution in [0.2, 0.25) is 0 Å². The van der Waals surface area contributed by atoms with Crippen LogP contribution in [0.3, 0.4) is 0 Å². The van der Waals surface area contributed by atoms with Gasteiger partial charge in [0.1, 0.15) is 17.1 Å². The van der Waals surface area contributed by atoms with E-state index in [9.17, 15) is 5.11 Å². The Hall–Kier alpha value is -1.87. The van der Waals surface area contributed by atoms with Crippen molar-refractivity contribution >= 4 is 17.3 Å². The number of nitrogens with one attached hydrogen (secondary N) is 2. The van der Waals surface area contributed by atoms with Crippen LogP contribution in [0.25, 0.3) is 0 Å². The van der Waals surface area contributed by atoms with E-state index in [1.165, 1.54) is 4.88 Å². The molecule has 8 heteroatoms. The molecule has 2 aromatic rings. The van der Waals surface area contributed by atoms with Gasteiger partial charge >= 0.3 is 0 Å². The Bertz CT molecular complexity index is 803. The van der Waals surface area contributed by atoms with Crippen LogP contribution in [0, 0.1) is 6.92 Å². The van der Waals surface area contributed by atoms with Crippen molar-refractivity contribution in [3.8, 4) is 0 Å². The molecule has 1 fully saturated rings. The summed E-state index contributed by atoms with van der Waals surface area (Å²) < 4.78 is 11.3. The van der Waals surface area contributed by atoms with Gasteiger partial charge in [-0.25, -0.2) is 4.99 Å². The predicted octanol–water partition coefficient (Wildman–Crippen LogP) is 2.87. The lowest BCUT2D eigenvalue weighted by Crippen LogP contribution is -2.48. The van der Waals surface area contributed by atoms with Gasteiger partial charge in [-0.3, -0.25) is 4.90 Å². The zero-order chi connectivity index (χ0) is 21.6. The van der Waals surface area contributed by atoms with Crippen LogP contribution in [0.5, 0.6) is 0 Å². The molecule has 0 bridgehead atoms. The molecule has 0 saturated carbocycles. The Kier molecular flexibility index (Phi) is 7.93. The van der Waals surface area contributed by atoms with Crippen molar-refractivity contribution in [3.05, 3.63) is 46.0 Å². The Morgan fingerprint density at radius 2 is 2.23 bits per heavy atom. The molecular formula is C22H34N4O3S. The highest BCUT2D eigenvalue weighted by Gasteiger charge is 2.28. The molecule has 3 heterocycles. The summed E-state index contributed by atoms with van der Waals surface area (Å²) in [7, 11) is 0. The van der Waals surface area contributed by atoms with Gasteiger partial charge < -0.3 is 24.9 Å². The molecule has 3 N–H and O–H groups in total. The van der Waals surface area contributed by atoms with E-state index < -0.39 is 5.60 Å². The van der Waals surface area contributed by atoms with Crippen LogP contribution in [0.4, 0.5) is 0 Å². The number of aliphatic hydroxyl groups is 1. The highest BCUT2D eigenvalue weighted by molar-refractivity contribution is 7.10. The molecule has 0 spiro atoms. The third kappa shape index (κ3) is 6.07. The van der Waals surface area contributed by atoms with Crippen LogP contribution in [0.1, 0.15) is 43.2 Å². The summed E-state index contributed by atoms with van der Waals surface area (Å²) in [5.74, 6) is 1.99. The molecule has 3 rings (SSSR count). The molecule has 0 radical (unpaired) electrons. The first kappa shape index (κ1) is 22.8. The lowest BCUT2D eigenvalue weighted by molar-refractivity contribution is -0.0334. The highest BCUT2D eigenvalue weighted by Crippen LogP contribution is 2.26. The normalized spacial score (nSPS) is 21.2. The van der Waals surface area contributed by atoms with E-state index in [0.717, 1.165) is 38.5 Å². The van der Waals surface area contributed by atoms with E-state index in [1.54, 1.807) is 24.3 Å². The first-order valence-electron chi connectivity index (χ1n) is 10.6. The van der Waals surface area contributed by atoms with E-state index in [4.69, 9.17) is 9.15 Å². The van der Waals surface area contributed by atoms with Gasteiger partial charge in [-0.1, -0.05) is 6.07 Å². The van der Waals surface area contributed by atoms with Crippen LogP contribution < -0.4 is 10.6 Å². The number of hydrogen-bond donors (Lipinski definition) is 3. The number of rotatable bonds is 8. The number of nitrogens with zero attached hydrogens (tertiary/aromatic N) is 2. The van der Waals surface area contributed by atoms with Gasteiger partial charge in [-0.15, -0.1) is 11.3 Å². The van der Waals surface area contributed by atoms with E-state index in [-0.39, 0.29) is 18.7 Å². The number of aliphatic imine (C=N–C) groups is 1. The molecule has 2 aromatic heterocycles. The molecule has 1 aliphatic rings. The smallest absolute Gasteiger partial charge is 0.191 e. The topological polar surface area (TPSA) is 82.3 Å². The van der Waals surface area contributed by atoms with Gasteiger partial charge in [0.05, 0.1) is 25.3 Å². The summed E-state index contributed by atoms with van der Waals surface area (Å²) in [6, 6.07) is 8.18. The van der Waals surface area contributed by atoms with E-state index in [2.05, 4.69) is 45.0 Å².